The average Bonchev–Trinajstić information content (AvgIpc) is 3.39. The average molecular weight is 406 g/mol. The Morgan fingerprint density at radius 3 is 2.37 bits per heavy atom. The Morgan fingerprint density at radius 2 is 1.74 bits per heavy atom. The largest absolute Gasteiger partial charge is 0.411 e. The van der Waals surface area contributed by atoms with Gasteiger partial charge >= 0.3 is 0 Å². The van der Waals surface area contributed by atoms with Crippen molar-refractivity contribution in [2.24, 2.45) is 5.92 Å². The lowest BCUT2D eigenvalue weighted by molar-refractivity contribution is -0.132. The molecule has 144 valence electrons. The van der Waals surface area contributed by atoms with Crippen molar-refractivity contribution in [3.05, 3.63) is 29.3 Å². The van der Waals surface area contributed by atoms with Crippen molar-refractivity contribution in [2.45, 2.75) is 62.8 Å². The molecule has 1 amide bonds. The van der Waals surface area contributed by atoms with Crippen LogP contribution in [0, 0.1) is 5.92 Å². The standard InChI is InChI=1S/C20H24ClN3O2S/c1-13-2-8-16(9-3-13)24(17-10-11-17)18(25)12-27-20-23-22-19(26-20)14-4-6-15(21)7-5-14/h4-7,13,16-17H,2-3,8-12H2,1H3. The first-order valence-corrected chi connectivity index (χ1v) is 11.0. The summed E-state index contributed by atoms with van der Waals surface area (Å²) in [6.07, 6.45) is 7.00. The SMILES string of the molecule is CC1CCC(N(C(=O)CSc2nnc(-c3ccc(Cl)cc3)o2)C2CC2)CC1. The van der Waals surface area contributed by atoms with E-state index in [4.69, 9.17) is 16.0 Å². The molecule has 1 heterocycles. The van der Waals surface area contributed by atoms with E-state index in [0.717, 1.165) is 37.2 Å². The second-order valence-corrected chi connectivity index (χ2v) is 8.98. The first kappa shape index (κ1) is 18.8. The first-order valence-electron chi connectivity index (χ1n) is 9.63. The third kappa shape index (κ3) is 4.66. The van der Waals surface area contributed by atoms with E-state index in [9.17, 15) is 4.79 Å². The van der Waals surface area contributed by atoms with E-state index >= 15 is 0 Å². The number of thioether (sulfide) groups is 1. The van der Waals surface area contributed by atoms with E-state index in [1.165, 1.54) is 24.6 Å². The fraction of sp³-hybridized carbons (Fsp3) is 0.550. The van der Waals surface area contributed by atoms with Gasteiger partial charge in [0.15, 0.2) is 0 Å². The zero-order chi connectivity index (χ0) is 18.8. The molecular weight excluding hydrogens is 382 g/mol. The molecular formula is C20H24ClN3O2S. The topological polar surface area (TPSA) is 59.2 Å². The summed E-state index contributed by atoms with van der Waals surface area (Å²) in [5.74, 6) is 1.79. The Balaban J connectivity index is 1.36. The lowest BCUT2D eigenvalue weighted by atomic mass is 9.86. The Hall–Kier alpha value is -1.53. The fourth-order valence-corrected chi connectivity index (χ4v) is 4.51. The van der Waals surface area contributed by atoms with E-state index in [2.05, 4.69) is 22.0 Å². The molecule has 1 aromatic heterocycles. The van der Waals surface area contributed by atoms with Gasteiger partial charge in [0.2, 0.25) is 11.8 Å². The number of aromatic nitrogens is 2. The van der Waals surface area contributed by atoms with Crippen molar-refractivity contribution < 1.29 is 9.21 Å². The summed E-state index contributed by atoms with van der Waals surface area (Å²) in [5.41, 5.74) is 0.820. The molecule has 2 aromatic rings. The van der Waals surface area contributed by atoms with Gasteiger partial charge in [-0.1, -0.05) is 30.3 Å². The Morgan fingerprint density at radius 1 is 1.11 bits per heavy atom. The number of carbonyl (C=O) groups is 1. The zero-order valence-corrected chi connectivity index (χ0v) is 17.0. The quantitative estimate of drug-likeness (QED) is 0.629. The van der Waals surface area contributed by atoms with Gasteiger partial charge in [0.1, 0.15) is 0 Å². The van der Waals surface area contributed by atoms with Crippen molar-refractivity contribution in [1.29, 1.82) is 0 Å². The minimum atomic E-state index is 0.202. The summed E-state index contributed by atoms with van der Waals surface area (Å²) >= 11 is 7.24. The highest BCUT2D eigenvalue weighted by Gasteiger charge is 2.38. The van der Waals surface area contributed by atoms with E-state index < -0.39 is 0 Å². The molecule has 0 spiro atoms. The van der Waals surface area contributed by atoms with Gasteiger partial charge in [-0.2, -0.15) is 0 Å². The van der Waals surface area contributed by atoms with Gasteiger partial charge < -0.3 is 9.32 Å². The van der Waals surface area contributed by atoms with E-state index in [-0.39, 0.29) is 5.91 Å². The number of benzene rings is 1. The molecule has 0 atom stereocenters. The molecule has 1 aromatic carbocycles. The van der Waals surface area contributed by atoms with Crippen LogP contribution in [0.1, 0.15) is 45.4 Å². The second-order valence-electron chi connectivity index (χ2n) is 7.61. The Bertz CT molecular complexity index is 783. The van der Waals surface area contributed by atoms with Gasteiger partial charge in [-0.25, -0.2) is 0 Å². The van der Waals surface area contributed by atoms with Gasteiger partial charge in [-0.05, 0) is 68.7 Å². The molecule has 0 bridgehead atoms. The molecule has 2 fully saturated rings. The highest BCUT2D eigenvalue weighted by molar-refractivity contribution is 7.99. The van der Waals surface area contributed by atoms with Crippen molar-refractivity contribution in [3.8, 4) is 11.5 Å². The Labute approximate surface area is 168 Å². The molecule has 27 heavy (non-hydrogen) atoms. The summed E-state index contributed by atoms with van der Waals surface area (Å²) in [6, 6.07) is 8.12. The molecule has 5 nitrogen and oxygen atoms in total. The van der Waals surface area contributed by atoms with Crippen LogP contribution in [-0.4, -0.2) is 38.8 Å². The normalized spacial score (nSPS) is 22.6. The predicted molar refractivity (Wildman–Crippen MR) is 107 cm³/mol. The van der Waals surface area contributed by atoms with Crippen LogP contribution in [0.4, 0.5) is 0 Å². The minimum Gasteiger partial charge on any atom is -0.411 e. The second kappa shape index (κ2) is 8.23. The lowest BCUT2D eigenvalue weighted by Crippen LogP contribution is -2.44. The number of halogens is 1. The van der Waals surface area contributed by atoms with E-state index in [0.29, 0.717) is 34.0 Å². The highest BCUT2D eigenvalue weighted by atomic mass is 35.5. The number of rotatable bonds is 6. The first-order chi connectivity index (χ1) is 13.1. The molecule has 0 radical (unpaired) electrons. The number of nitrogens with zero attached hydrogens (tertiary/aromatic N) is 3. The zero-order valence-electron chi connectivity index (χ0n) is 15.4. The van der Waals surface area contributed by atoms with Crippen LogP contribution in [0.5, 0.6) is 0 Å². The van der Waals surface area contributed by atoms with Crippen LogP contribution in [0.25, 0.3) is 11.5 Å². The molecule has 0 unspecified atom stereocenters. The molecule has 2 saturated carbocycles. The van der Waals surface area contributed by atoms with Crippen LogP contribution in [-0.2, 0) is 4.79 Å². The molecule has 0 aliphatic heterocycles. The van der Waals surface area contributed by atoms with Crippen molar-refractivity contribution in [2.75, 3.05) is 5.75 Å². The summed E-state index contributed by atoms with van der Waals surface area (Å²) in [6.45, 7) is 2.31. The summed E-state index contributed by atoms with van der Waals surface area (Å²) in [4.78, 5) is 15.1. The maximum absolute atomic E-state index is 12.9. The van der Waals surface area contributed by atoms with Gasteiger partial charge in [0.25, 0.3) is 5.22 Å². The molecule has 2 aliphatic rings. The molecule has 7 heteroatoms. The third-order valence-electron chi connectivity index (χ3n) is 5.42. The molecule has 0 saturated heterocycles. The monoisotopic (exact) mass is 405 g/mol. The maximum atomic E-state index is 12.9. The van der Waals surface area contributed by atoms with Crippen LogP contribution in [0.2, 0.25) is 5.02 Å². The summed E-state index contributed by atoms with van der Waals surface area (Å²) in [7, 11) is 0. The number of amides is 1. The minimum absolute atomic E-state index is 0.202. The summed E-state index contributed by atoms with van der Waals surface area (Å²) < 4.78 is 5.70. The molecule has 0 N–H and O–H groups in total. The summed E-state index contributed by atoms with van der Waals surface area (Å²) in [5, 5.41) is 9.25. The highest BCUT2D eigenvalue weighted by Crippen LogP contribution is 2.36. The van der Waals surface area contributed by atoms with E-state index in [1.807, 2.05) is 12.1 Å². The van der Waals surface area contributed by atoms with Crippen LogP contribution in [0.3, 0.4) is 0 Å². The smallest absolute Gasteiger partial charge is 0.277 e. The van der Waals surface area contributed by atoms with Gasteiger partial charge in [0, 0.05) is 22.7 Å². The Kier molecular flexibility index (Phi) is 5.74. The number of carbonyl (C=O) groups excluding carboxylic acids is 1. The van der Waals surface area contributed by atoms with Crippen molar-refractivity contribution in [3.63, 3.8) is 0 Å². The van der Waals surface area contributed by atoms with E-state index in [1.54, 1.807) is 12.1 Å². The van der Waals surface area contributed by atoms with Gasteiger partial charge in [-0.15, -0.1) is 10.2 Å². The van der Waals surface area contributed by atoms with Crippen LogP contribution >= 0.6 is 23.4 Å². The number of hydrogen-bond acceptors (Lipinski definition) is 5. The van der Waals surface area contributed by atoms with Crippen LogP contribution < -0.4 is 0 Å². The molecule has 4 rings (SSSR count). The fourth-order valence-electron chi connectivity index (χ4n) is 3.75. The van der Waals surface area contributed by atoms with Gasteiger partial charge in [0.05, 0.1) is 5.75 Å². The number of hydrogen-bond donors (Lipinski definition) is 0. The predicted octanol–water partition coefficient (Wildman–Crippen LogP) is 5.05. The van der Waals surface area contributed by atoms with Crippen LogP contribution in [0.15, 0.2) is 33.9 Å². The molecule has 2 aliphatic carbocycles. The third-order valence-corrected chi connectivity index (χ3v) is 6.48. The lowest BCUT2D eigenvalue weighted by Gasteiger charge is -2.36. The van der Waals surface area contributed by atoms with Gasteiger partial charge in [-0.3, -0.25) is 4.79 Å². The maximum Gasteiger partial charge on any atom is 0.277 e. The van der Waals surface area contributed by atoms with Crippen molar-refractivity contribution >= 4 is 29.3 Å². The van der Waals surface area contributed by atoms with Crippen molar-refractivity contribution in [1.82, 2.24) is 15.1 Å².